The maximum absolute atomic E-state index is 13.0. The van der Waals surface area contributed by atoms with Crippen molar-refractivity contribution in [1.82, 2.24) is 10.3 Å². The Kier molecular flexibility index (Phi) is 6.22. The third-order valence-corrected chi connectivity index (χ3v) is 3.47. The van der Waals surface area contributed by atoms with E-state index in [-0.39, 0.29) is 13.2 Å². The van der Waals surface area contributed by atoms with Gasteiger partial charge in [0.1, 0.15) is 18.8 Å². The van der Waals surface area contributed by atoms with Crippen LogP contribution in [-0.4, -0.2) is 33.9 Å². The molecule has 1 amide bonds. The molecule has 1 aromatic carbocycles. The van der Waals surface area contributed by atoms with Crippen LogP contribution in [0.3, 0.4) is 0 Å². The van der Waals surface area contributed by atoms with Gasteiger partial charge in [-0.1, -0.05) is 30.3 Å². The normalized spacial score (nSPS) is 13.2. The van der Waals surface area contributed by atoms with Crippen molar-refractivity contribution in [1.29, 1.82) is 0 Å². The van der Waals surface area contributed by atoms with Gasteiger partial charge in [-0.05, 0) is 24.1 Å². The van der Waals surface area contributed by atoms with E-state index in [1.807, 2.05) is 30.3 Å². The fourth-order valence-electron chi connectivity index (χ4n) is 2.12. The van der Waals surface area contributed by atoms with Crippen LogP contribution in [0.25, 0.3) is 0 Å². The van der Waals surface area contributed by atoms with Gasteiger partial charge < -0.3 is 20.3 Å². The Morgan fingerprint density at radius 3 is 2.71 bits per heavy atom. The van der Waals surface area contributed by atoms with E-state index in [0.717, 1.165) is 17.8 Å². The number of aliphatic hydroxyl groups excluding tert-OH is 2. The summed E-state index contributed by atoms with van der Waals surface area (Å²) in [6, 6.07) is 10.3. The number of amides is 1. The Bertz CT molecular complexity index is 682. The number of pyridine rings is 1. The molecule has 0 fully saturated rings. The summed E-state index contributed by atoms with van der Waals surface area (Å²) in [7, 11) is 0. The molecule has 0 saturated carbocycles. The highest BCUT2D eigenvalue weighted by molar-refractivity contribution is 5.67. The molecule has 2 atom stereocenters. The molecule has 2 unspecified atom stereocenters. The van der Waals surface area contributed by atoms with E-state index in [1.165, 1.54) is 0 Å². The molecule has 1 aromatic heterocycles. The maximum atomic E-state index is 13.0. The predicted molar refractivity (Wildman–Crippen MR) is 84.5 cm³/mol. The first-order chi connectivity index (χ1) is 11.5. The minimum absolute atomic E-state index is 0.103. The van der Waals surface area contributed by atoms with Gasteiger partial charge in [0.15, 0.2) is 0 Å². The van der Waals surface area contributed by atoms with Gasteiger partial charge in [0.05, 0.1) is 0 Å². The Balaban J connectivity index is 1.81. The quantitative estimate of drug-likeness (QED) is 0.701. The molecule has 2 rings (SSSR count). The van der Waals surface area contributed by atoms with Crippen LogP contribution in [0.2, 0.25) is 0 Å². The van der Waals surface area contributed by atoms with Crippen molar-refractivity contribution >= 4 is 6.09 Å². The van der Waals surface area contributed by atoms with Gasteiger partial charge in [-0.2, -0.15) is 4.39 Å². The SMILES string of the molecule is Cc1cc(F)ncc1C(O)C(O)CNC(=O)OCc1ccccc1. The summed E-state index contributed by atoms with van der Waals surface area (Å²) in [4.78, 5) is 15.1. The second-order valence-electron chi connectivity index (χ2n) is 5.32. The summed E-state index contributed by atoms with van der Waals surface area (Å²) in [5.74, 6) is -0.666. The molecular weight excluding hydrogens is 315 g/mol. The largest absolute Gasteiger partial charge is 0.445 e. The number of aromatic nitrogens is 1. The molecule has 1 heterocycles. The molecule has 0 aliphatic carbocycles. The lowest BCUT2D eigenvalue weighted by molar-refractivity contribution is 0.0178. The van der Waals surface area contributed by atoms with E-state index in [0.29, 0.717) is 11.1 Å². The first-order valence-electron chi connectivity index (χ1n) is 7.40. The van der Waals surface area contributed by atoms with Crippen molar-refractivity contribution in [2.45, 2.75) is 25.7 Å². The molecule has 0 saturated heterocycles. The second kappa shape index (κ2) is 8.37. The third-order valence-electron chi connectivity index (χ3n) is 3.47. The first kappa shape index (κ1) is 17.8. The Morgan fingerprint density at radius 2 is 2.04 bits per heavy atom. The number of halogens is 1. The number of hydrogen-bond acceptors (Lipinski definition) is 5. The number of rotatable bonds is 6. The Labute approximate surface area is 138 Å². The van der Waals surface area contributed by atoms with Gasteiger partial charge in [-0.3, -0.25) is 0 Å². The average molecular weight is 334 g/mol. The zero-order chi connectivity index (χ0) is 17.5. The molecule has 0 aliphatic heterocycles. The van der Waals surface area contributed by atoms with Crippen LogP contribution in [0.4, 0.5) is 9.18 Å². The molecule has 0 bridgehead atoms. The van der Waals surface area contributed by atoms with Crippen LogP contribution >= 0.6 is 0 Å². The number of aliphatic hydroxyl groups is 2. The van der Waals surface area contributed by atoms with Crippen LogP contribution in [0.15, 0.2) is 42.6 Å². The fraction of sp³-hybridized carbons (Fsp3) is 0.294. The van der Waals surface area contributed by atoms with Crippen LogP contribution in [0.5, 0.6) is 0 Å². The van der Waals surface area contributed by atoms with E-state index >= 15 is 0 Å². The molecule has 6 nitrogen and oxygen atoms in total. The summed E-state index contributed by atoms with van der Waals surface area (Å²) in [6.07, 6.45) is -2.13. The van der Waals surface area contributed by atoms with E-state index in [2.05, 4.69) is 10.3 Å². The lowest BCUT2D eigenvalue weighted by Crippen LogP contribution is -2.36. The summed E-state index contributed by atoms with van der Waals surface area (Å²) in [5.41, 5.74) is 1.59. The van der Waals surface area contributed by atoms with Gasteiger partial charge in [-0.25, -0.2) is 9.78 Å². The number of nitrogens with one attached hydrogen (secondary N) is 1. The Morgan fingerprint density at radius 1 is 1.33 bits per heavy atom. The van der Waals surface area contributed by atoms with Crippen molar-refractivity contribution in [3.8, 4) is 0 Å². The highest BCUT2D eigenvalue weighted by Crippen LogP contribution is 2.20. The number of carbonyl (C=O) groups excluding carboxylic acids is 1. The van der Waals surface area contributed by atoms with Gasteiger partial charge in [-0.15, -0.1) is 0 Å². The van der Waals surface area contributed by atoms with Crippen molar-refractivity contribution in [3.05, 3.63) is 65.2 Å². The second-order valence-corrected chi connectivity index (χ2v) is 5.32. The standard InChI is InChI=1S/C17H19FN2O4/c1-11-7-15(18)19-8-13(11)16(22)14(21)9-20-17(23)24-10-12-5-3-2-4-6-12/h2-8,14,16,21-22H,9-10H2,1H3,(H,20,23). The van der Waals surface area contributed by atoms with Gasteiger partial charge >= 0.3 is 6.09 Å². The molecule has 7 heteroatoms. The summed E-state index contributed by atoms with van der Waals surface area (Å²) < 4.78 is 18.0. The Hall–Kier alpha value is -2.51. The first-order valence-corrected chi connectivity index (χ1v) is 7.40. The zero-order valence-electron chi connectivity index (χ0n) is 13.1. The topological polar surface area (TPSA) is 91.7 Å². The monoisotopic (exact) mass is 334 g/mol. The number of alkyl carbamates (subject to hydrolysis) is 1. The summed E-state index contributed by atoms with van der Waals surface area (Å²) >= 11 is 0. The number of carbonyl (C=O) groups is 1. The van der Waals surface area contributed by atoms with Crippen LogP contribution in [0, 0.1) is 12.9 Å². The van der Waals surface area contributed by atoms with Crippen molar-refractivity contribution in [3.63, 3.8) is 0 Å². The molecule has 0 aliphatic rings. The molecule has 24 heavy (non-hydrogen) atoms. The number of ether oxygens (including phenoxy) is 1. The smallest absolute Gasteiger partial charge is 0.407 e. The number of aryl methyl sites for hydroxylation is 1. The predicted octanol–water partition coefficient (Wildman–Crippen LogP) is 1.85. The summed E-state index contributed by atoms with van der Waals surface area (Å²) in [5, 5.41) is 22.4. The molecule has 0 radical (unpaired) electrons. The minimum atomic E-state index is -1.30. The maximum Gasteiger partial charge on any atom is 0.407 e. The van der Waals surface area contributed by atoms with Crippen molar-refractivity contribution in [2.75, 3.05) is 6.54 Å². The van der Waals surface area contributed by atoms with E-state index in [4.69, 9.17) is 4.74 Å². The van der Waals surface area contributed by atoms with E-state index in [1.54, 1.807) is 6.92 Å². The van der Waals surface area contributed by atoms with E-state index < -0.39 is 24.2 Å². The molecule has 128 valence electrons. The molecule has 0 spiro atoms. The summed E-state index contributed by atoms with van der Waals surface area (Å²) in [6.45, 7) is 1.48. The van der Waals surface area contributed by atoms with Gasteiger partial charge in [0.2, 0.25) is 5.95 Å². The van der Waals surface area contributed by atoms with Crippen LogP contribution < -0.4 is 5.32 Å². The molecule has 2 aromatic rings. The van der Waals surface area contributed by atoms with Crippen LogP contribution in [0.1, 0.15) is 22.8 Å². The fourth-order valence-corrected chi connectivity index (χ4v) is 2.12. The lowest BCUT2D eigenvalue weighted by atomic mass is 10.0. The van der Waals surface area contributed by atoms with E-state index in [9.17, 15) is 19.4 Å². The minimum Gasteiger partial charge on any atom is -0.445 e. The van der Waals surface area contributed by atoms with Gasteiger partial charge in [0.25, 0.3) is 0 Å². The molecule has 3 N–H and O–H groups in total. The van der Waals surface area contributed by atoms with Crippen molar-refractivity contribution < 1.29 is 24.1 Å². The number of nitrogens with zero attached hydrogens (tertiary/aromatic N) is 1. The highest BCUT2D eigenvalue weighted by atomic mass is 19.1. The number of benzene rings is 1. The highest BCUT2D eigenvalue weighted by Gasteiger charge is 2.21. The van der Waals surface area contributed by atoms with Gasteiger partial charge in [0, 0.05) is 18.3 Å². The third kappa shape index (κ3) is 5.00. The van der Waals surface area contributed by atoms with Crippen molar-refractivity contribution in [2.24, 2.45) is 0 Å². The zero-order valence-corrected chi connectivity index (χ0v) is 13.1. The lowest BCUT2D eigenvalue weighted by Gasteiger charge is -2.19. The number of hydrogen-bond donors (Lipinski definition) is 3. The average Bonchev–Trinajstić information content (AvgIpc) is 2.58. The van der Waals surface area contributed by atoms with Crippen LogP contribution in [-0.2, 0) is 11.3 Å². The molecular formula is C17H19FN2O4.